The largest absolute Gasteiger partial charge is 0.394 e. The predicted octanol–water partition coefficient (Wildman–Crippen LogP) is -2.62. The molecule has 0 amide bonds. The smallest absolute Gasteiger partial charge is 0.237 e. The number of hydrogen-bond acceptors (Lipinski definition) is 8. The van der Waals surface area contributed by atoms with E-state index in [4.69, 9.17) is 5.11 Å². The number of rotatable bonds is 8. The lowest BCUT2D eigenvalue weighted by Gasteiger charge is -2.34. The number of hydrogen-bond donors (Lipinski definition) is 4. The molecule has 0 aliphatic heterocycles. The minimum Gasteiger partial charge on any atom is -0.394 e. The summed E-state index contributed by atoms with van der Waals surface area (Å²) in [4.78, 5) is 46.0. The Morgan fingerprint density at radius 2 is 1.50 bits per heavy atom. The highest BCUT2D eigenvalue weighted by Gasteiger charge is 2.55. The van der Waals surface area contributed by atoms with E-state index in [0.717, 1.165) is 20.8 Å². The maximum Gasteiger partial charge on any atom is 0.237 e. The Balaban J connectivity index is 5.95. The van der Waals surface area contributed by atoms with Crippen molar-refractivity contribution in [1.82, 2.24) is 0 Å². The molecule has 0 spiro atoms. The number of carbonyl (C=O) groups is 4. The van der Waals surface area contributed by atoms with E-state index >= 15 is 0 Å². The van der Waals surface area contributed by atoms with Crippen LogP contribution in [0.2, 0.25) is 0 Å². The predicted molar refractivity (Wildman–Crippen MR) is 64.6 cm³/mol. The second-order valence-corrected chi connectivity index (χ2v) is 4.54. The summed E-state index contributed by atoms with van der Waals surface area (Å²) < 4.78 is 0. The molecule has 0 aromatic rings. The first-order valence-electron chi connectivity index (χ1n) is 5.77. The fraction of sp³-hybridized carbons (Fsp3) is 0.667. The van der Waals surface area contributed by atoms with Gasteiger partial charge in [-0.2, -0.15) is 0 Å². The van der Waals surface area contributed by atoms with Crippen LogP contribution >= 0.6 is 0 Å². The SMILES string of the molecule is CC(=O)C(=O)[C@@](O)(C(C)=O)[C@@H](C(C)=O)[C@H](O)[C@H](O)CO. The molecule has 20 heavy (non-hydrogen) atoms. The van der Waals surface area contributed by atoms with E-state index in [1.807, 2.05) is 0 Å². The standard InChI is InChI=1S/C12H18O8/c1-5(14)9(10(18)8(17)4-13)12(20,7(3)16)11(19)6(2)15/h8-10,13,17-18,20H,4H2,1-3H3/t8-,9+,10-,12-/m1/s1. The highest BCUT2D eigenvalue weighted by molar-refractivity contribution is 6.44. The molecule has 0 saturated carbocycles. The van der Waals surface area contributed by atoms with Crippen LogP contribution in [0.4, 0.5) is 0 Å². The number of ketones is 4. The van der Waals surface area contributed by atoms with E-state index in [2.05, 4.69) is 0 Å². The molecule has 0 aliphatic rings. The van der Waals surface area contributed by atoms with Crippen LogP contribution in [-0.2, 0) is 19.2 Å². The van der Waals surface area contributed by atoms with E-state index in [9.17, 15) is 34.5 Å². The average Bonchev–Trinajstić information content (AvgIpc) is 2.35. The lowest BCUT2D eigenvalue weighted by Crippen LogP contribution is -2.61. The van der Waals surface area contributed by atoms with Gasteiger partial charge in [-0.05, 0) is 13.8 Å². The Bertz CT molecular complexity index is 429. The third-order valence-corrected chi connectivity index (χ3v) is 3.01. The summed E-state index contributed by atoms with van der Waals surface area (Å²) in [5, 5.41) is 38.0. The molecule has 0 aliphatic carbocycles. The molecule has 4 atom stereocenters. The summed E-state index contributed by atoms with van der Waals surface area (Å²) in [6.45, 7) is 1.48. The van der Waals surface area contributed by atoms with Crippen molar-refractivity contribution in [2.75, 3.05) is 6.61 Å². The van der Waals surface area contributed by atoms with Crippen LogP contribution in [0.1, 0.15) is 20.8 Å². The third-order valence-electron chi connectivity index (χ3n) is 3.01. The van der Waals surface area contributed by atoms with Crippen LogP contribution in [0, 0.1) is 5.92 Å². The van der Waals surface area contributed by atoms with Gasteiger partial charge < -0.3 is 20.4 Å². The van der Waals surface area contributed by atoms with Gasteiger partial charge in [0.05, 0.1) is 18.6 Å². The zero-order chi connectivity index (χ0) is 16.2. The van der Waals surface area contributed by atoms with Crippen LogP contribution in [0.3, 0.4) is 0 Å². The molecule has 8 heteroatoms. The van der Waals surface area contributed by atoms with Gasteiger partial charge in [0.25, 0.3) is 0 Å². The summed E-state index contributed by atoms with van der Waals surface area (Å²) in [5.74, 6) is -7.01. The monoisotopic (exact) mass is 290 g/mol. The summed E-state index contributed by atoms with van der Waals surface area (Å²) in [5.41, 5.74) is -3.08. The highest BCUT2D eigenvalue weighted by atomic mass is 16.4. The first-order valence-corrected chi connectivity index (χ1v) is 5.77. The summed E-state index contributed by atoms with van der Waals surface area (Å²) in [6.07, 6.45) is -3.95. The number of aliphatic hydroxyl groups is 4. The van der Waals surface area contributed by atoms with E-state index < -0.39 is 53.5 Å². The quantitative estimate of drug-likeness (QED) is 0.280. The maximum absolute atomic E-state index is 11.7. The van der Waals surface area contributed by atoms with Gasteiger partial charge >= 0.3 is 0 Å². The minimum absolute atomic E-state index is 0.773. The Kier molecular flexibility index (Phi) is 6.30. The normalized spacial score (nSPS) is 18.6. The van der Waals surface area contributed by atoms with Crippen molar-refractivity contribution in [2.45, 2.75) is 38.6 Å². The average molecular weight is 290 g/mol. The van der Waals surface area contributed by atoms with Crippen molar-refractivity contribution in [2.24, 2.45) is 5.92 Å². The molecule has 0 unspecified atom stereocenters. The molecule has 8 nitrogen and oxygen atoms in total. The molecule has 0 saturated heterocycles. The molecule has 0 aromatic carbocycles. The zero-order valence-electron chi connectivity index (χ0n) is 11.4. The van der Waals surface area contributed by atoms with Crippen molar-refractivity contribution < 1.29 is 39.6 Å². The van der Waals surface area contributed by atoms with Crippen LogP contribution in [0.25, 0.3) is 0 Å². The summed E-state index contributed by atoms with van der Waals surface area (Å²) in [6, 6.07) is 0. The fourth-order valence-corrected chi connectivity index (χ4v) is 1.90. The van der Waals surface area contributed by atoms with Crippen LogP contribution in [0.5, 0.6) is 0 Å². The first kappa shape index (κ1) is 18.5. The molecular weight excluding hydrogens is 272 g/mol. The Labute approximate surface area is 115 Å². The molecule has 0 rings (SSSR count). The maximum atomic E-state index is 11.7. The van der Waals surface area contributed by atoms with Crippen LogP contribution < -0.4 is 0 Å². The minimum atomic E-state index is -3.08. The van der Waals surface area contributed by atoms with Gasteiger partial charge in [-0.3, -0.25) is 19.2 Å². The molecule has 114 valence electrons. The second-order valence-electron chi connectivity index (χ2n) is 4.54. The van der Waals surface area contributed by atoms with Crippen LogP contribution in [0.15, 0.2) is 0 Å². The molecule has 4 N–H and O–H groups in total. The van der Waals surface area contributed by atoms with E-state index in [1.165, 1.54) is 0 Å². The molecular formula is C12H18O8. The summed E-state index contributed by atoms with van der Waals surface area (Å²) in [7, 11) is 0. The summed E-state index contributed by atoms with van der Waals surface area (Å²) >= 11 is 0. The Hall–Kier alpha value is -1.48. The third kappa shape index (κ3) is 3.34. The number of Topliss-reactive ketones (excluding diaryl/α,β-unsaturated/α-hetero) is 4. The molecule has 0 fully saturated rings. The van der Waals surface area contributed by atoms with Gasteiger partial charge in [-0.1, -0.05) is 0 Å². The van der Waals surface area contributed by atoms with E-state index in [0.29, 0.717) is 0 Å². The van der Waals surface area contributed by atoms with Crippen molar-refractivity contribution in [3.05, 3.63) is 0 Å². The molecule has 0 radical (unpaired) electrons. The highest BCUT2D eigenvalue weighted by Crippen LogP contribution is 2.27. The molecule has 0 bridgehead atoms. The van der Waals surface area contributed by atoms with E-state index in [-0.39, 0.29) is 0 Å². The molecule has 0 aromatic heterocycles. The second kappa shape index (κ2) is 6.80. The zero-order valence-corrected chi connectivity index (χ0v) is 11.4. The van der Waals surface area contributed by atoms with Crippen LogP contribution in [-0.4, -0.2) is 68.0 Å². The van der Waals surface area contributed by atoms with Gasteiger partial charge in [0.15, 0.2) is 11.6 Å². The van der Waals surface area contributed by atoms with Crippen molar-refractivity contribution in [3.8, 4) is 0 Å². The number of aliphatic hydroxyl groups excluding tert-OH is 3. The van der Waals surface area contributed by atoms with Gasteiger partial charge in [0.1, 0.15) is 11.9 Å². The van der Waals surface area contributed by atoms with Gasteiger partial charge in [-0.15, -0.1) is 0 Å². The Morgan fingerprint density at radius 3 is 1.75 bits per heavy atom. The van der Waals surface area contributed by atoms with Crippen molar-refractivity contribution >= 4 is 23.1 Å². The van der Waals surface area contributed by atoms with E-state index in [1.54, 1.807) is 0 Å². The Morgan fingerprint density at radius 1 is 1.05 bits per heavy atom. The first-order chi connectivity index (χ1) is 9.01. The van der Waals surface area contributed by atoms with Crippen molar-refractivity contribution in [1.29, 1.82) is 0 Å². The van der Waals surface area contributed by atoms with Crippen molar-refractivity contribution in [3.63, 3.8) is 0 Å². The van der Waals surface area contributed by atoms with Gasteiger partial charge in [0, 0.05) is 6.92 Å². The van der Waals surface area contributed by atoms with Gasteiger partial charge in [-0.25, -0.2) is 0 Å². The molecule has 0 heterocycles. The topological polar surface area (TPSA) is 149 Å². The number of carbonyl (C=O) groups excluding carboxylic acids is 4. The lowest BCUT2D eigenvalue weighted by atomic mass is 9.73. The lowest BCUT2D eigenvalue weighted by molar-refractivity contribution is -0.173. The van der Waals surface area contributed by atoms with Gasteiger partial charge in [0.2, 0.25) is 11.4 Å². The fourth-order valence-electron chi connectivity index (χ4n) is 1.90.